The van der Waals surface area contributed by atoms with Gasteiger partial charge in [0.1, 0.15) is 12.2 Å². The van der Waals surface area contributed by atoms with Crippen LogP contribution in [0.5, 0.6) is 5.75 Å². The molecule has 3 atom stereocenters. The number of halogens is 5. The number of rotatable bonds is 4. The number of hydrogen-bond donors (Lipinski definition) is 0. The van der Waals surface area contributed by atoms with Crippen molar-refractivity contribution in [3.63, 3.8) is 0 Å². The molecule has 0 aliphatic heterocycles. The van der Waals surface area contributed by atoms with Crippen LogP contribution < -0.4 is 4.74 Å². The molecule has 1 fully saturated rings. The molecule has 1 saturated carbocycles. The lowest BCUT2D eigenvalue weighted by atomic mass is 9.91. The lowest BCUT2D eigenvalue weighted by molar-refractivity contribution is -0.0749. The molecule has 1 aromatic rings. The molecule has 0 heterocycles. The van der Waals surface area contributed by atoms with Crippen LogP contribution in [-0.2, 0) is 4.74 Å². The molecule has 0 aromatic heterocycles. The predicted molar refractivity (Wildman–Crippen MR) is 63.4 cm³/mol. The third kappa shape index (κ3) is 2.72. The zero-order valence-electron chi connectivity index (χ0n) is 9.93. The SMILES string of the molecule is CCOC1C(Br)CC1Oc1c(F)c(F)cc(F)c1F. The van der Waals surface area contributed by atoms with Crippen molar-refractivity contribution in [3.05, 3.63) is 29.3 Å². The van der Waals surface area contributed by atoms with Gasteiger partial charge in [0.05, 0.1) is 0 Å². The second-order valence-electron chi connectivity index (χ2n) is 4.13. The summed E-state index contributed by atoms with van der Waals surface area (Å²) in [5.74, 6) is -7.08. The number of benzene rings is 1. The van der Waals surface area contributed by atoms with Crippen molar-refractivity contribution in [3.8, 4) is 5.75 Å². The van der Waals surface area contributed by atoms with Gasteiger partial charge in [-0.1, -0.05) is 15.9 Å². The molecule has 0 saturated heterocycles. The maximum absolute atomic E-state index is 13.4. The summed E-state index contributed by atoms with van der Waals surface area (Å²) in [6.07, 6.45) is -0.619. The van der Waals surface area contributed by atoms with Crippen molar-refractivity contribution >= 4 is 15.9 Å². The van der Waals surface area contributed by atoms with Gasteiger partial charge in [-0.2, -0.15) is 8.78 Å². The van der Waals surface area contributed by atoms with Gasteiger partial charge in [0.2, 0.25) is 11.6 Å². The van der Waals surface area contributed by atoms with Gasteiger partial charge in [-0.15, -0.1) is 0 Å². The average molecular weight is 343 g/mol. The summed E-state index contributed by atoms with van der Waals surface area (Å²) in [7, 11) is 0. The van der Waals surface area contributed by atoms with E-state index < -0.39 is 41.2 Å². The summed E-state index contributed by atoms with van der Waals surface area (Å²) < 4.78 is 63.2. The molecule has 1 aromatic carbocycles. The second kappa shape index (κ2) is 5.66. The number of alkyl halides is 1. The first-order valence-electron chi connectivity index (χ1n) is 5.71. The normalized spacial score (nSPS) is 26.1. The fourth-order valence-corrected chi connectivity index (χ4v) is 2.71. The van der Waals surface area contributed by atoms with Crippen molar-refractivity contribution in [2.45, 2.75) is 30.4 Å². The first kappa shape index (κ1) is 14.6. The summed E-state index contributed by atoms with van der Waals surface area (Å²) in [5, 5.41) is 0. The highest BCUT2D eigenvalue weighted by molar-refractivity contribution is 9.09. The molecule has 0 bridgehead atoms. The summed E-state index contributed by atoms with van der Waals surface area (Å²) in [6.45, 7) is 2.16. The van der Waals surface area contributed by atoms with E-state index in [-0.39, 0.29) is 10.9 Å². The number of hydrogen-bond acceptors (Lipinski definition) is 2. The fraction of sp³-hybridized carbons (Fsp3) is 0.500. The quantitative estimate of drug-likeness (QED) is 0.473. The Morgan fingerprint density at radius 2 is 1.79 bits per heavy atom. The molecular weight excluding hydrogens is 332 g/mol. The maximum Gasteiger partial charge on any atom is 0.203 e. The largest absolute Gasteiger partial charge is 0.481 e. The Morgan fingerprint density at radius 3 is 2.26 bits per heavy atom. The second-order valence-corrected chi connectivity index (χ2v) is 5.30. The number of ether oxygens (including phenoxy) is 2. The van der Waals surface area contributed by atoms with Gasteiger partial charge >= 0.3 is 0 Å². The highest BCUT2D eigenvalue weighted by Gasteiger charge is 2.43. The van der Waals surface area contributed by atoms with E-state index in [1.807, 2.05) is 0 Å². The van der Waals surface area contributed by atoms with Crippen LogP contribution in [0.4, 0.5) is 17.6 Å². The molecule has 106 valence electrons. The molecule has 19 heavy (non-hydrogen) atoms. The van der Waals surface area contributed by atoms with Crippen LogP contribution in [0.15, 0.2) is 6.07 Å². The molecule has 1 aliphatic carbocycles. The van der Waals surface area contributed by atoms with E-state index in [0.717, 1.165) is 0 Å². The first-order valence-corrected chi connectivity index (χ1v) is 6.62. The van der Waals surface area contributed by atoms with Crippen LogP contribution in [0.1, 0.15) is 13.3 Å². The highest BCUT2D eigenvalue weighted by Crippen LogP contribution is 2.36. The smallest absolute Gasteiger partial charge is 0.203 e. The summed E-state index contributed by atoms with van der Waals surface area (Å²) in [4.78, 5) is -0.0121. The molecule has 0 spiro atoms. The molecule has 0 radical (unpaired) electrons. The molecule has 3 unspecified atom stereocenters. The Labute approximate surface area is 115 Å². The minimum atomic E-state index is -1.54. The van der Waals surface area contributed by atoms with E-state index in [1.54, 1.807) is 6.92 Å². The van der Waals surface area contributed by atoms with Crippen LogP contribution in [0.3, 0.4) is 0 Å². The van der Waals surface area contributed by atoms with Crippen molar-refractivity contribution < 1.29 is 27.0 Å². The van der Waals surface area contributed by atoms with Crippen LogP contribution in [0, 0.1) is 23.3 Å². The Bertz CT molecular complexity index is 457. The van der Waals surface area contributed by atoms with Crippen molar-refractivity contribution in [2.75, 3.05) is 6.61 Å². The monoisotopic (exact) mass is 342 g/mol. The molecule has 0 N–H and O–H groups in total. The van der Waals surface area contributed by atoms with E-state index in [2.05, 4.69) is 15.9 Å². The van der Waals surface area contributed by atoms with E-state index in [4.69, 9.17) is 9.47 Å². The summed E-state index contributed by atoms with van der Waals surface area (Å²) >= 11 is 3.31. The molecule has 1 aliphatic rings. The van der Waals surface area contributed by atoms with Gasteiger partial charge in [-0.3, -0.25) is 0 Å². The van der Waals surface area contributed by atoms with Gasteiger partial charge in [0.25, 0.3) is 0 Å². The van der Waals surface area contributed by atoms with Crippen LogP contribution in [-0.4, -0.2) is 23.6 Å². The first-order chi connectivity index (χ1) is 8.95. The third-order valence-electron chi connectivity index (χ3n) is 2.88. The summed E-state index contributed by atoms with van der Waals surface area (Å²) in [5.41, 5.74) is 0. The van der Waals surface area contributed by atoms with E-state index in [0.29, 0.717) is 13.0 Å². The fourth-order valence-electron chi connectivity index (χ4n) is 1.85. The average Bonchev–Trinajstić information content (AvgIpc) is 2.37. The Hall–Kier alpha value is -0.820. The maximum atomic E-state index is 13.4. The van der Waals surface area contributed by atoms with Crippen molar-refractivity contribution in [1.29, 1.82) is 0 Å². The van der Waals surface area contributed by atoms with Gasteiger partial charge < -0.3 is 9.47 Å². The molecular formula is C12H11BrF4O2. The van der Waals surface area contributed by atoms with Gasteiger partial charge in [0.15, 0.2) is 17.4 Å². The zero-order chi connectivity index (χ0) is 14.2. The van der Waals surface area contributed by atoms with E-state index >= 15 is 0 Å². The van der Waals surface area contributed by atoms with Crippen LogP contribution in [0.2, 0.25) is 0 Å². The van der Waals surface area contributed by atoms with Crippen molar-refractivity contribution in [1.82, 2.24) is 0 Å². The standard InChI is InChI=1S/C12H11BrF4O2/c1-2-18-11-5(13)3-8(11)19-12-9(16)6(14)4-7(15)10(12)17/h4-5,8,11H,2-3H2,1H3. The van der Waals surface area contributed by atoms with E-state index in [9.17, 15) is 17.6 Å². The third-order valence-corrected chi connectivity index (χ3v) is 3.78. The lowest BCUT2D eigenvalue weighted by Crippen LogP contribution is -2.52. The summed E-state index contributed by atoms with van der Waals surface area (Å²) in [6, 6.07) is 0.144. The highest BCUT2D eigenvalue weighted by atomic mass is 79.9. The zero-order valence-corrected chi connectivity index (χ0v) is 11.5. The molecule has 0 amide bonds. The molecule has 2 rings (SSSR count). The lowest BCUT2D eigenvalue weighted by Gasteiger charge is -2.40. The van der Waals surface area contributed by atoms with Gasteiger partial charge in [0, 0.05) is 23.9 Å². The predicted octanol–water partition coefficient (Wildman–Crippen LogP) is 3.56. The Kier molecular flexibility index (Phi) is 4.35. The Morgan fingerprint density at radius 1 is 1.21 bits per heavy atom. The minimum absolute atomic E-state index is 0.0121. The minimum Gasteiger partial charge on any atom is -0.481 e. The van der Waals surface area contributed by atoms with Crippen LogP contribution >= 0.6 is 15.9 Å². The van der Waals surface area contributed by atoms with Crippen molar-refractivity contribution in [2.24, 2.45) is 0 Å². The Balaban J connectivity index is 2.20. The molecule has 7 heteroatoms. The van der Waals surface area contributed by atoms with E-state index in [1.165, 1.54) is 0 Å². The van der Waals surface area contributed by atoms with Crippen LogP contribution in [0.25, 0.3) is 0 Å². The topological polar surface area (TPSA) is 18.5 Å². The van der Waals surface area contributed by atoms with Gasteiger partial charge in [-0.25, -0.2) is 8.78 Å². The molecule has 2 nitrogen and oxygen atoms in total. The van der Waals surface area contributed by atoms with Gasteiger partial charge in [-0.05, 0) is 6.92 Å².